The summed E-state index contributed by atoms with van der Waals surface area (Å²) in [6.45, 7) is 3.32. The van der Waals surface area contributed by atoms with Crippen LogP contribution < -0.4 is 5.32 Å². The number of carbonyl (C=O) groups excluding carboxylic acids is 1. The van der Waals surface area contributed by atoms with Gasteiger partial charge < -0.3 is 15.2 Å². The van der Waals surface area contributed by atoms with Crippen molar-refractivity contribution < 1.29 is 14.6 Å². The second-order valence-electron chi connectivity index (χ2n) is 4.79. The van der Waals surface area contributed by atoms with Crippen LogP contribution in [0.2, 0.25) is 0 Å². The van der Waals surface area contributed by atoms with E-state index in [0.29, 0.717) is 18.8 Å². The van der Waals surface area contributed by atoms with Crippen LogP contribution in [0, 0.1) is 0 Å². The van der Waals surface area contributed by atoms with Crippen molar-refractivity contribution in [1.29, 1.82) is 0 Å². The summed E-state index contributed by atoms with van der Waals surface area (Å²) >= 11 is 3.25. The van der Waals surface area contributed by atoms with Gasteiger partial charge in [0.1, 0.15) is 5.75 Å². The lowest BCUT2D eigenvalue weighted by atomic mass is 9.92. The van der Waals surface area contributed by atoms with Crippen molar-refractivity contribution >= 4 is 21.8 Å². The summed E-state index contributed by atoms with van der Waals surface area (Å²) < 4.78 is 6.03. The van der Waals surface area contributed by atoms with Gasteiger partial charge in [-0.05, 0) is 38.0 Å². The van der Waals surface area contributed by atoms with Gasteiger partial charge in [-0.2, -0.15) is 0 Å². The van der Waals surface area contributed by atoms with Gasteiger partial charge in [0.25, 0.3) is 5.91 Å². The minimum atomic E-state index is -0.255. The molecule has 1 aromatic rings. The van der Waals surface area contributed by atoms with Crippen LogP contribution in [0.4, 0.5) is 0 Å². The molecule has 0 spiro atoms. The van der Waals surface area contributed by atoms with Crippen LogP contribution in [0.25, 0.3) is 0 Å². The van der Waals surface area contributed by atoms with Crippen molar-refractivity contribution in [1.82, 2.24) is 5.32 Å². The predicted molar refractivity (Wildman–Crippen MR) is 71.7 cm³/mol. The molecule has 1 aromatic carbocycles. The number of aromatic hydroxyl groups is 1. The molecule has 0 bridgehead atoms. The normalized spacial score (nSPS) is 18.3. The summed E-state index contributed by atoms with van der Waals surface area (Å²) in [5.74, 6) is -0.262. The zero-order valence-electron chi connectivity index (χ0n) is 10.2. The summed E-state index contributed by atoms with van der Waals surface area (Å²) in [4.78, 5) is 12.1. The highest BCUT2D eigenvalue weighted by molar-refractivity contribution is 9.10. The lowest BCUT2D eigenvalue weighted by molar-refractivity contribution is 0.0422. The topological polar surface area (TPSA) is 58.6 Å². The first kappa shape index (κ1) is 13.4. The van der Waals surface area contributed by atoms with Crippen molar-refractivity contribution in [3.05, 3.63) is 28.2 Å². The third-order valence-corrected chi connectivity index (χ3v) is 3.71. The molecule has 0 aromatic heterocycles. The zero-order chi connectivity index (χ0) is 13.2. The van der Waals surface area contributed by atoms with Gasteiger partial charge in [0, 0.05) is 23.2 Å². The molecule has 18 heavy (non-hydrogen) atoms. The number of carbonyl (C=O) groups is 1. The Morgan fingerprint density at radius 2 is 2.11 bits per heavy atom. The first-order chi connectivity index (χ1) is 8.50. The molecule has 1 heterocycles. The Balaban J connectivity index is 2.11. The Morgan fingerprint density at radius 3 is 2.72 bits per heavy atom. The summed E-state index contributed by atoms with van der Waals surface area (Å²) in [6, 6.07) is 4.86. The maximum absolute atomic E-state index is 12.1. The summed E-state index contributed by atoms with van der Waals surface area (Å²) in [7, 11) is 0. The van der Waals surface area contributed by atoms with Crippen molar-refractivity contribution in [2.75, 3.05) is 13.2 Å². The SMILES string of the molecule is CC1(NC(=O)c2ccc(Br)cc2O)CCOCC1. The fourth-order valence-corrected chi connectivity index (χ4v) is 2.33. The zero-order valence-corrected chi connectivity index (χ0v) is 11.8. The van der Waals surface area contributed by atoms with E-state index in [2.05, 4.69) is 21.2 Å². The third kappa shape index (κ3) is 3.03. The molecule has 5 heteroatoms. The number of nitrogens with one attached hydrogen (secondary N) is 1. The molecule has 1 aliphatic heterocycles. The van der Waals surface area contributed by atoms with E-state index < -0.39 is 0 Å². The molecule has 4 nitrogen and oxygen atoms in total. The van der Waals surface area contributed by atoms with Crippen LogP contribution in [0.5, 0.6) is 5.75 Å². The molecule has 1 amide bonds. The lowest BCUT2D eigenvalue weighted by Gasteiger charge is -2.34. The van der Waals surface area contributed by atoms with Crippen molar-refractivity contribution in [3.8, 4) is 5.75 Å². The van der Waals surface area contributed by atoms with E-state index in [1.54, 1.807) is 12.1 Å². The Kier molecular flexibility index (Phi) is 3.92. The van der Waals surface area contributed by atoms with Crippen molar-refractivity contribution in [2.45, 2.75) is 25.3 Å². The Bertz CT molecular complexity index is 456. The second kappa shape index (κ2) is 5.28. The smallest absolute Gasteiger partial charge is 0.255 e. The Hall–Kier alpha value is -1.07. The van der Waals surface area contributed by atoms with Gasteiger partial charge in [-0.1, -0.05) is 15.9 Å². The fourth-order valence-electron chi connectivity index (χ4n) is 1.99. The van der Waals surface area contributed by atoms with Crippen LogP contribution in [0.1, 0.15) is 30.1 Å². The summed E-state index contributed by atoms with van der Waals surface area (Å²) in [6.07, 6.45) is 1.58. The number of benzene rings is 1. The van der Waals surface area contributed by atoms with Gasteiger partial charge in [-0.3, -0.25) is 4.79 Å². The molecule has 98 valence electrons. The minimum absolute atomic E-state index is 0.0162. The maximum atomic E-state index is 12.1. The molecular formula is C13H16BrNO3. The standard InChI is InChI=1S/C13H16BrNO3/c1-13(4-6-18-7-5-13)15-12(17)10-3-2-9(14)8-11(10)16/h2-3,8,16H,4-7H2,1H3,(H,15,17). The number of ether oxygens (including phenoxy) is 1. The molecule has 0 aliphatic carbocycles. The van der Waals surface area contributed by atoms with Crippen LogP contribution in [-0.2, 0) is 4.74 Å². The predicted octanol–water partition coefficient (Wildman–Crippen LogP) is 2.45. The number of hydrogen-bond acceptors (Lipinski definition) is 3. The number of phenols is 1. The van der Waals surface area contributed by atoms with Gasteiger partial charge in [-0.25, -0.2) is 0 Å². The van der Waals surface area contributed by atoms with Gasteiger partial charge in [0.15, 0.2) is 0 Å². The lowest BCUT2D eigenvalue weighted by Crippen LogP contribution is -2.49. The molecule has 2 rings (SSSR count). The summed E-state index contributed by atoms with van der Waals surface area (Å²) in [5.41, 5.74) is 0.0420. The van der Waals surface area contributed by atoms with E-state index >= 15 is 0 Å². The van der Waals surface area contributed by atoms with E-state index in [1.165, 1.54) is 6.07 Å². The first-order valence-electron chi connectivity index (χ1n) is 5.89. The highest BCUT2D eigenvalue weighted by atomic mass is 79.9. The van der Waals surface area contributed by atoms with E-state index in [9.17, 15) is 9.90 Å². The molecule has 0 atom stereocenters. The molecule has 0 radical (unpaired) electrons. The first-order valence-corrected chi connectivity index (χ1v) is 6.68. The average molecular weight is 314 g/mol. The number of amides is 1. The maximum Gasteiger partial charge on any atom is 0.255 e. The molecule has 1 fully saturated rings. The molecule has 1 saturated heterocycles. The fraction of sp³-hybridized carbons (Fsp3) is 0.462. The monoisotopic (exact) mass is 313 g/mol. The Morgan fingerprint density at radius 1 is 1.44 bits per heavy atom. The largest absolute Gasteiger partial charge is 0.507 e. The van der Waals surface area contributed by atoms with E-state index in [4.69, 9.17) is 4.74 Å². The number of phenolic OH excluding ortho intramolecular Hbond substituents is 1. The molecule has 2 N–H and O–H groups in total. The number of rotatable bonds is 2. The number of halogens is 1. The minimum Gasteiger partial charge on any atom is -0.507 e. The quantitative estimate of drug-likeness (QED) is 0.881. The van der Waals surface area contributed by atoms with Crippen LogP contribution in [-0.4, -0.2) is 29.8 Å². The Labute approximate surface area is 114 Å². The highest BCUT2D eigenvalue weighted by Gasteiger charge is 2.29. The molecule has 1 aliphatic rings. The average Bonchev–Trinajstić information content (AvgIpc) is 2.28. The number of hydrogen-bond donors (Lipinski definition) is 2. The van der Waals surface area contributed by atoms with Crippen molar-refractivity contribution in [2.24, 2.45) is 0 Å². The van der Waals surface area contributed by atoms with E-state index in [-0.39, 0.29) is 17.2 Å². The highest BCUT2D eigenvalue weighted by Crippen LogP contribution is 2.25. The van der Waals surface area contributed by atoms with E-state index in [1.807, 2.05) is 6.92 Å². The van der Waals surface area contributed by atoms with Crippen LogP contribution >= 0.6 is 15.9 Å². The van der Waals surface area contributed by atoms with Crippen molar-refractivity contribution in [3.63, 3.8) is 0 Å². The van der Waals surface area contributed by atoms with Gasteiger partial charge in [0.2, 0.25) is 0 Å². The molecular weight excluding hydrogens is 298 g/mol. The van der Waals surface area contributed by atoms with Gasteiger partial charge >= 0.3 is 0 Å². The van der Waals surface area contributed by atoms with Crippen LogP contribution in [0.15, 0.2) is 22.7 Å². The molecule has 0 unspecified atom stereocenters. The second-order valence-corrected chi connectivity index (χ2v) is 5.70. The summed E-state index contributed by atoms with van der Waals surface area (Å²) in [5, 5.41) is 12.7. The van der Waals surface area contributed by atoms with Crippen LogP contribution in [0.3, 0.4) is 0 Å². The molecule has 0 saturated carbocycles. The van der Waals surface area contributed by atoms with Gasteiger partial charge in [0.05, 0.1) is 5.56 Å². The third-order valence-electron chi connectivity index (χ3n) is 3.22. The van der Waals surface area contributed by atoms with E-state index in [0.717, 1.165) is 17.3 Å². The van der Waals surface area contributed by atoms with Gasteiger partial charge in [-0.15, -0.1) is 0 Å².